The van der Waals surface area contributed by atoms with E-state index in [1.165, 1.54) is 5.56 Å². The molecule has 26 heavy (non-hydrogen) atoms. The molecule has 0 saturated carbocycles. The van der Waals surface area contributed by atoms with Gasteiger partial charge in [-0.1, -0.05) is 42.5 Å². The number of aryl methyl sites for hydroxylation is 3. The van der Waals surface area contributed by atoms with E-state index in [1.807, 2.05) is 43.3 Å². The molecule has 0 bridgehead atoms. The molecule has 0 aliphatic rings. The lowest BCUT2D eigenvalue weighted by Gasteiger charge is -2.11. The average Bonchev–Trinajstić information content (AvgIpc) is 3.22. The van der Waals surface area contributed by atoms with Crippen molar-refractivity contribution in [2.45, 2.75) is 19.9 Å². The molecule has 2 aromatic carbocycles. The van der Waals surface area contributed by atoms with E-state index < -0.39 is 0 Å². The van der Waals surface area contributed by atoms with Gasteiger partial charge in [-0.2, -0.15) is 0 Å². The van der Waals surface area contributed by atoms with Gasteiger partial charge in [0.25, 0.3) is 5.91 Å². The second-order valence-electron chi connectivity index (χ2n) is 6.41. The zero-order valence-electron chi connectivity index (χ0n) is 14.6. The van der Waals surface area contributed by atoms with E-state index in [-0.39, 0.29) is 5.91 Å². The molecule has 3 nitrogen and oxygen atoms in total. The van der Waals surface area contributed by atoms with E-state index in [0.29, 0.717) is 5.69 Å². The standard InChI is InChI=1S/C22H20N2OS/c1-16-6-5-9-18(14-16)23-22(25)20-15-21-19(11-13-26-21)24(20)12-10-17-7-3-2-4-8-17/h2-9,11,13-15H,10,12H2,1H3,(H,23,25). The number of carbonyl (C=O) groups excluding carboxylic acids is 1. The molecular formula is C22H20N2OS. The Morgan fingerprint density at radius 1 is 1.04 bits per heavy atom. The van der Waals surface area contributed by atoms with Crippen LogP contribution in [0.25, 0.3) is 10.2 Å². The summed E-state index contributed by atoms with van der Waals surface area (Å²) in [4.78, 5) is 12.9. The first-order valence-electron chi connectivity index (χ1n) is 8.69. The summed E-state index contributed by atoms with van der Waals surface area (Å²) in [7, 11) is 0. The molecule has 0 spiro atoms. The molecule has 2 heterocycles. The van der Waals surface area contributed by atoms with Gasteiger partial charge in [0, 0.05) is 12.2 Å². The van der Waals surface area contributed by atoms with Crippen molar-refractivity contribution in [3.05, 3.63) is 88.9 Å². The summed E-state index contributed by atoms with van der Waals surface area (Å²) in [6.45, 7) is 2.80. The zero-order valence-corrected chi connectivity index (χ0v) is 15.4. The van der Waals surface area contributed by atoms with Crippen LogP contribution in [0.3, 0.4) is 0 Å². The fourth-order valence-corrected chi connectivity index (χ4v) is 4.03. The molecule has 0 saturated heterocycles. The molecule has 0 fully saturated rings. The number of hydrogen-bond acceptors (Lipinski definition) is 2. The number of benzene rings is 2. The number of thiophene rings is 1. The molecule has 0 aliphatic carbocycles. The van der Waals surface area contributed by atoms with Crippen LogP contribution in [0.4, 0.5) is 5.69 Å². The highest BCUT2D eigenvalue weighted by Gasteiger charge is 2.16. The molecule has 4 aromatic rings. The molecule has 0 aliphatic heterocycles. The highest BCUT2D eigenvalue weighted by molar-refractivity contribution is 7.17. The normalized spacial score (nSPS) is 11.0. The van der Waals surface area contributed by atoms with Crippen molar-refractivity contribution in [3.63, 3.8) is 0 Å². The van der Waals surface area contributed by atoms with Crippen molar-refractivity contribution in [1.29, 1.82) is 0 Å². The highest BCUT2D eigenvalue weighted by Crippen LogP contribution is 2.26. The molecule has 1 amide bonds. The number of aromatic nitrogens is 1. The van der Waals surface area contributed by atoms with Crippen LogP contribution in [-0.2, 0) is 13.0 Å². The largest absolute Gasteiger partial charge is 0.335 e. The molecule has 0 unspecified atom stereocenters. The smallest absolute Gasteiger partial charge is 0.272 e. The van der Waals surface area contributed by atoms with Crippen molar-refractivity contribution in [3.8, 4) is 0 Å². The number of anilines is 1. The first-order chi connectivity index (χ1) is 12.7. The fourth-order valence-electron chi connectivity index (χ4n) is 3.21. The predicted molar refractivity (Wildman–Crippen MR) is 109 cm³/mol. The summed E-state index contributed by atoms with van der Waals surface area (Å²) in [6.07, 6.45) is 0.894. The molecule has 4 rings (SSSR count). The van der Waals surface area contributed by atoms with E-state index in [0.717, 1.165) is 34.4 Å². The summed E-state index contributed by atoms with van der Waals surface area (Å²) in [5.41, 5.74) is 5.07. The van der Waals surface area contributed by atoms with Crippen LogP contribution >= 0.6 is 11.3 Å². The number of carbonyl (C=O) groups is 1. The molecular weight excluding hydrogens is 340 g/mol. The lowest BCUT2D eigenvalue weighted by Crippen LogP contribution is -2.17. The van der Waals surface area contributed by atoms with E-state index in [1.54, 1.807) is 11.3 Å². The first kappa shape index (κ1) is 16.6. The maximum atomic E-state index is 12.9. The van der Waals surface area contributed by atoms with Gasteiger partial charge in [0.05, 0.1) is 10.2 Å². The highest BCUT2D eigenvalue weighted by atomic mass is 32.1. The van der Waals surface area contributed by atoms with Gasteiger partial charge in [0.2, 0.25) is 0 Å². The topological polar surface area (TPSA) is 34.0 Å². The van der Waals surface area contributed by atoms with E-state index in [4.69, 9.17) is 0 Å². The Kier molecular flexibility index (Phi) is 4.59. The van der Waals surface area contributed by atoms with Crippen LogP contribution in [-0.4, -0.2) is 10.5 Å². The summed E-state index contributed by atoms with van der Waals surface area (Å²) in [5.74, 6) is -0.0629. The molecule has 0 radical (unpaired) electrons. The lowest BCUT2D eigenvalue weighted by atomic mass is 10.1. The molecule has 2 aromatic heterocycles. The second kappa shape index (κ2) is 7.18. The number of hydrogen-bond donors (Lipinski definition) is 1. The van der Waals surface area contributed by atoms with Crippen LogP contribution in [0.5, 0.6) is 0 Å². The summed E-state index contributed by atoms with van der Waals surface area (Å²) >= 11 is 1.67. The minimum Gasteiger partial charge on any atom is -0.335 e. The van der Waals surface area contributed by atoms with Crippen molar-refractivity contribution in [2.24, 2.45) is 0 Å². The Morgan fingerprint density at radius 2 is 1.88 bits per heavy atom. The maximum Gasteiger partial charge on any atom is 0.272 e. The number of amides is 1. The third-order valence-electron chi connectivity index (χ3n) is 4.50. The Hall–Kier alpha value is -2.85. The van der Waals surface area contributed by atoms with Crippen molar-refractivity contribution in [1.82, 2.24) is 4.57 Å². The van der Waals surface area contributed by atoms with Crippen LogP contribution in [0.1, 0.15) is 21.6 Å². The van der Waals surface area contributed by atoms with Crippen LogP contribution in [0.15, 0.2) is 72.1 Å². The summed E-state index contributed by atoms with van der Waals surface area (Å²) in [5, 5.41) is 5.11. The Labute approximate surface area is 156 Å². The Morgan fingerprint density at radius 3 is 2.69 bits per heavy atom. The third-order valence-corrected chi connectivity index (χ3v) is 5.35. The summed E-state index contributed by atoms with van der Waals surface area (Å²) in [6, 6.07) is 22.4. The molecule has 0 atom stereocenters. The maximum absolute atomic E-state index is 12.9. The second-order valence-corrected chi connectivity index (χ2v) is 7.36. The fraction of sp³-hybridized carbons (Fsp3) is 0.136. The monoisotopic (exact) mass is 360 g/mol. The van der Waals surface area contributed by atoms with Gasteiger partial charge in [-0.05, 0) is 54.1 Å². The van der Waals surface area contributed by atoms with Crippen LogP contribution in [0.2, 0.25) is 0 Å². The minimum atomic E-state index is -0.0629. The number of nitrogens with one attached hydrogen (secondary N) is 1. The minimum absolute atomic E-state index is 0.0629. The third kappa shape index (κ3) is 3.41. The quantitative estimate of drug-likeness (QED) is 0.500. The average molecular weight is 360 g/mol. The molecule has 1 N–H and O–H groups in total. The predicted octanol–water partition coefficient (Wildman–Crippen LogP) is 5.51. The first-order valence-corrected chi connectivity index (χ1v) is 9.57. The number of nitrogens with zero attached hydrogens (tertiary/aromatic N) is 1. The van der Waals surface area contributed by atoms with Gasteiger partial charge in [-0.3, -0.25) is 4.79 Å². The van der Waals surface area contributed by atoms with E-state index in [2.05, 4.69) is 45.6 Å². The number of fused-ring (bicyclic) bond motifs is 1. The molecule has 130 valence electrons. The summed E-state index contributed by atoms with van der Waals surface area (Å²) < 4.78 is 3.27. The van der Waals surface area contributed by atoms with E-state index >= 15 is 0 Å². The van der Waals surface area contributed by atoms with Gasteiger partial charge in [-0.25, -0.2) is 0 Å². The van der Waals surface area contributed by atoms with Gasteiger partial charge in [-0.15, -0.1) is 11.3 Å². The van der Waals surface area contributed by atoms with Gasteiger partial charge >= 0.3 is 0 Å². The lowest BCUT2D eigenvalue weighted by molar-refractivity contribution is 0.101. The van der Waals surface area contributed by atoms with Crippen molar-refractivity contribution < 1.29 is 4.79 Å². The SMILES string of the molecule is Cc1cccc(NC(=O)c2cc3sccc3n2CCc2ccccc2)c1. The van der Waals surface area contributed by atoms with Gasteiger partial charge in [0.15, 0.2) is 0 Å². The van der Waals surface area contributed by atoms with Crippen molar-refractivity contribution in [2.75, 3.05) is 5.32 Å². The van der Waals surface area contributed by atoms with Gasteiger partial charge < -0.3 is 9.88 Å². The van der Waals surface area contributed by atoms with Crippen LogP contribution in [0, 0.1) is 6.92 Å². The molecule has 4 heteroatoms. The van der Waals surface area contributed by atoms with E-state index in [9.17, 15) is 4.79 Å². The van der Waals surface area contributed by atoms with Gasteiger partial charge in [0.1, 0.15) is 5.69 Å². The Balaban J connectivity index is 1.62. The van der Waals surface area contributed by atoms with Crippen molar-refractivity contribution >= 4 is 33.1 Å². The zero-order chi connectivity index (χ0) is 17.9. The Bertz CT molecular complexity index is 1050. The van der Waals surface area contributed by atoms with Crippen LogP contribution < -0.4 is 5.32 Å². The number of rotatable bonds is 5.